The quantitative estimate of drug-likeness (QED) is 0.192. The molecule has 3 heteroatoms. The van der Waals surface area contributed by atoms with Crippen molar-refractivity contribution in [2.75, 3.05) is 0 Å². The summed E-state index contributed by atoms with van der Waals surface area (Å²) in [7, 11) is 0. The number of fused-ring (bicyclic) bond motifs is 9. The van der Waals surface area contributed by atoms with E-state index < -0.39 is 0 Å². The number of para-hydroxylation sites is 2. The van der Waals surface area contributed by atoms with E-state index in [2.05, 4.69) is 157 Å². The van der Waals surface area contributed by atoms with E-state index in [1.807, 2.05) is 0 Å². The third-order valence-electron chi connectivity index (χ3n) is 9.95. The Bertz CT molecular complexity index is 2780. The molecule has 3 aromatic heterocycles. The number of furan rings is 2. The fourth-order valence-electron chi connectivity index (χ4n) is 7.83. The Morgan fingerprint density at radius 2 is 0.958 bits per heavy atom. The van der Waals surface area contributed by atoms with Gasteiger partial charge in [0.25, 0.3) is 0 Å². The number of rotatable bonds is 5. The maximum Gasteiger partial charge on any atom is 0.143 e. The number of hydrogen-bond acceptors (Lipinski definition) is 2. The van der Waals surface area contributed by atoms with Crippen LogP contribution in [0.2, 0.25) is 0 Å². The summed E-state index contributed by atoms with van der Waals surface area (Å²) >= 11 is 0. The highest BCUT2D eigenvalue weighted by molar-refractivity contribution is 6.20. The normalized spacial score (nSPS) is 12.0. The van der Waals surface area contributed by atoms with Crippen molar-refractivity contribution in [2.45, 2.75) is 19.8 Å². The number of benzene rings is 7. The van der Waals surface area contributed by atoms with E-state index in [4.69, 9.17) is 8.83 Å². The second-order valence-electron chi connectivity index (χ2n) is 12.9. The molecule has 0 saturated carbocycles. The van der Waals surface area contributed by atoms with Crippen LogP contribution in [0.4, 0.5) is 0 Å². The van der Waals surface area contributed by atoms with E-state index >= 15 is 0 Å². The standard InChI is InChI=1S/C45H31NO2/c1-28-20-22-40-34(24-28)42-36(25-29-12-4-2-5-13-29)43-35-27-31(46-38-18-10-8-16-32(38)33-17-9-11-19-39(33)46)21-23-41(35)48-45(43)37(44(42)47-40)26-30-14-6-3-7-15-30/h2-24,27H,25-26H2,1H3. The fraction of sp³-hybridized carbons (Fsp3) is 0.0667. The van der Waals surface area contributed by atoms with Gasteiger partial charge in [-0.2, -0.15) is 0 Å². The molecule has 0 fully saturated rings. The van der Waals surface area contributed by atoms with Crippen molar-refractivity contribution in [3.63, 3.8) is 0 Å². The van der Waals surface area contributed by atoms with E-state index in [0.29, 0.717) is 6.42 Å². The third-order valence-corrected chi connectivity index (χ3v) is 9.95. The highest BCUT2D eigenvalue weighted by atomic mass is 16.3. The van der Waals surface area contributed by atoms with Crippen molar-refractivity contribution in [2.24, 2.45) is 0 Å². The van der Waals surface area contributed by atoms with Crippen LogP contribution in [0, 0.1) is 6.92 Å². The Hall–Kier alpha value is -6.06. The Kier molecular flexibility index (Phi) is 5.91. The predicted octanol–water partition coefficient (Wildman–Crippen LogP) is 12.1. The maximum absolute atomic E-state index is 6.94. The molecule has 0 radical (unpaired) electrons. The first-order valence-electron chi connectivity index (χ1n) is 16.6. The summed E-state index contributed by atoms with van der Waals surface area (Å²) in [5.74, 6) is 0. The summed E-state index contributed by atoms with van der Waals surface area (Å²) in [5, 5.41) is 7.12. The molecule has 0 spiro atoms. The molecule has 0 bridgehead atoms. The average Bonchev–Trinajstić information content (AvgIpc) is 3.80. The molecule has 0 aliphatic rings. The molecule has 0 N–H and O–H groups in total. The first-order chi connectivity index (χ1) is 23.7. The van der Waals surface area contributed by atoms with Crippen LogP contribution in [0.25, 0.3) is 71.4 Å². The summed E-state index contributed by atoms with van der Waals surface area (Å²) in [6.45, 7) is 2.16. The third kappa shape index (κ3) is 4.07. The van der Waals surface area contributed by atoms with Gasteiger partial charge in [-0.3, -0.25) is 0 Å². The number of nitrogens with zero attached hydrogens (tertiary/aromatic N) is 1. The Morgan fingerprint density at radius 1 is 0.458 bits per heavy atom. The van der Waals surface area contributed by atoms with Gasteiger partial charge in [0.15, 0.2) is 0 Å². The van der Waals surface area contributed by atoms with Crippen molar-refractivity contribution in [1.82, 2.24) is 4.57 Å². The van der Waals surface area contributed by atoms with Crippen molar-refractivity contribution in [1.29, 1.82) is 0 Å². The van der Waals surface area contributed by atoms with Gasteiger partial charge in [-0.05, 0) is 72.5 Å². The molecule has 228 valence electrons. The van der Waals surface area contributed by atoms with Crippen LogP contribution in [-0.2, 0) is 12.8 Å². The summed E-state index contributed by atoms with van der Waals surface area (Å²) < 4.78 is 16.1. The van der Waals surface area contributed by atoms with Crippen LogP contribution >= 0.6 is 0 Å². The molecule has 0 aliphatic heterocycles. The molecule has 3 nitrogen and oxygen atoms in total. The van der Waals surface area contributed by atoms with Gasteiger partial charge in [-0.25, -0.2) is 0 Å². The van der Waals surface area contributed by atoms with Crippen LogP contribution in [0.15, 0.2) is 154 Å². The Labute approximate surface area is 277 Å². The average molecular weight is 618 g/mol. The van der Waals surface area contributed by atoms with Crippen molar-refractivity contribution >= 4 is 65.7 Å². The minimum Gasteiger partial charge on any atom is -0.456 e. The molecule has 0 unspecified atom stereocenters. The van der Waals surface area contributed by atoms with Crippen molar-refractivity contribution in [3.05, 3.63) is 173 Å². The van der Waals surface area contributed by atoms with Gasteiger partial charge in [0, 0.05) is 50.0 Å². The molecule has 3 heterocycles. The van der Waals surface area contributed by atoms with Crippen molar-refractivity contribution < 1.29 is 8.83 Å². The second kappa shape index (κ2) is 10.5. The van der Waals surface area contributed by atoms with Gasteiger partial charge in [0.1, 0.15) is 22.3 Å². The lowest BCUT2D eigenvalue weighted by Gasteiger charge is -2.12. The fourth-order valence-corrected chi connectivity index (χ4v) is 7.83. The van der Waals surface area contributed by atoms with Crippen LogP contribution in [-0.4, -0.2) is 4.57 Å². The molecule has 10 aromatic rings. The molecule has 0 atom stereocenters. The lowest BCUT2D eigenvalue weighted by molar-refractivity contribution is 0.647. The summed E-state index contributed by atoms with van der Waals surface area (Å²) in [5.41, 5.74) is 13.1. The topological polar surface area (TPSA) is 31.2 Å². The minimum absolute atomic E-state index is 0.706. The van der Waals surface area contributed by atoms with Gasteiger partial charge in [0.2, 0.25) is 0 Å². The van der Waals surface area contributed by atoms with Crippen LogP contribution in [0.1, 0.15) is 27.8 Å². The van der Waals surface area contributed by atoms with Crippen LogP contribution in [0.3, 0.4) is 0 Å². The molecule has 7 aromatic carbocycles. The van der Waals surface area contributed by atoms with E-state index in [1.165, 1.54) is 54.8 Å². The van der Waals surface area contributed by atoms with E-state index in [0.717, 1.165) is 50.8 Å². The predicted molar refractivity (Wildman–Crippen MR) is 199 cm³/mol. The smallest absolute Gasteiger partial charge is 0.143 e. The minimum atomic E-state index is 0.706. The molecule has 0 amide bonds. The zero-order valence-corrected chi connectivity index (χ0v) is 26.5. The summed E-state index contributed by atoms with van der Waals surface area (Å²) in [6.07, 6.45) is 1.47. The van der Waals surface area contributed by atoms with E-state index in [-0.39, 0.29) is 0 Å². The molecule has 48 heavy (non-hydrogen) atoms. The van der Waals surface area contributed by atoms with Crippen molar-refractivity contribution in [3.8, 4) is 5.69 Å². The largest absolute Gasteiger partial charge is 0.456 e. The molecular weight excluding hydrogens is 587 g/mol. The second-order valence-corrected chi connectivity index (χ2v) is 12.9. The molecule has 0 aliphatic carbocycles. The number of hydrogen-bond donors (Lipinski definition) is 0. The van der Waals surface area contributed by atoms with Crippen LogP contribution in [0.5, 0.6) is 0 Å². The zero-order chi connectivity index (χ0) is 31.8. The summed E-state index contributed by atoms with van der Waals surface area (Å²) in [6, 6.07) is 52.0. The first-order valence-corrected chi connectivity index (χ1v) is 16.6. The van der Waals surface area contributed by atoms with Gasteiger partial charge < -0.3 is 13.4 Å². The van der Waals surface area contributed by atoms with Gasteiger partial charge in [-0.15, -0.1) is 0 Å². The summed E-state index contributed by atoms with van der Waals surface area (Å²) in [4.78, 5) is 0. The highest BCUT2D eigenvalue weighted by Gasteiger charge is 2.26. The molecule has 10 rings (SSSR count). The SMILES string of the molecule is Cc1ccc2oc3c(Cc4ccccc4)c4oc5ccc(-n6c7ccccc7c7ccccc76)cc5c4c(Cc4ccccc4)c3c2c1. The zero-order valence-electron chi connectivity index (χ0n) is 26.5. The monoisotopic (exact) mass is 617 g/mol. The van der Waals surface area contributed by atoms with E-state index in [1.54, 1.807) is 0 Å². The maximum atomic E-state index is 6.94. The van der Waals surface area contributed by atoms with Crippen LogP contribution < -0.4 is 0 Å². The van der Waals surface area contributed by atoms with Gasteiger partial charge >= 0.3 is 0 Å². The molecule has 0 saturated heterocycles. The number of aryl methyl sites for hydroxylation is 1. The highest BCUT2D eigenvalue weighted by Crippen LogP contribution is 2.46. The van der Waals surface area contributed by atoms with Gasteiger partial charge in [-0.1, -0.05) is 109 Å². The Balaban J connectivity index is 1.35. The Morgan fingerprint density at radius 3 is 1.56 bits per heavy atom. The van der Waals surface area contributed by atoms with E-state index in [9.17, 15) is 0 Å². The lowest BCUT2D eigenvalue weighted by Crippen LogP contribution is -1.96. The van der Waals surface area contributed by atoms with Gasteiger partial charge in [0.05, 0.1) is 11.0 Å². The molecular formula is C45H31NO2. The first kappa shape index (κ1) is 27.1. The number of aromatic nitrogens is 1. The lowest BCUT2D eigenvalue weighted by atomic mass is 9.90.